The van der Waals surface area contributed by atoms with Gasteiger partial charge in [-0.25, -0.2) is 23.5 Å². The number of hydrogen-bond acceptors (Lipinski definition) is 5. The number of ether oxygens (including phenoxy) is 1. The van der Waals surface area contributed by atoms with Crippen LogP contribution in [0.4, 0.5) is 15.1 Å². The van der Waals surface area contributed by atoms with Crippen molar-refractivity contribution in [2.75, 3.05) is 5.32 Å². The van der Waals surface area contributed by atoms with Crippen LogP contribution in [0.1, 0.15) is 31.1 Å². The number of carbonyl (C=O) groups is 2. The molecule has 0 saturated heterocycles. The Morgan fingerprint density at radius 3 is 2.36 bits per heavy atom. The smallest absolute Gasteiger partial charge is 0.414 e. The minimum atomic E-state index is -1.47. The van der Waals surface area contributed by atoms with Gasteiger partial charge < -0.3 is 9.84 Å². The lowest BCUT2D eigenvalue weighted by Crippen LogP contribution is -2.32. The molecule has 0 aliphatic carbocycles. The van der Waals surface area contributed by atoms with Gasteiger partial charge in [0, 0.05) is 0 Å². The summed E-state index contributed by atoms with van der Waals surface area (Å²) in [6.07, 6.45) is -0.0458. The molecular formula is C16H16FN3O5. The van der Waals surface area contributed by atoms with E-state index in [-0.39, 0.29) is 11.6 Å². The van der Waals surface area contributed by atoms with Crippen molar-refractivity contribution in [3.05, 3.63) is 52.2 Å². The highest BCUT2D eigenvalue weighted by molar-refractivity contribution is 5.88. The fourth-order valence-corrected chi connectivity index (χ4v) is 1.91. The Kier molecular flexibility index (Phi) is 4.87. The molecule has 9 heteroatoms. The number of halogens is 1. The van der Waals surface area contributed by atoms with Crippen molar-refractivity contribution in [3.63, 3.8) is 0 Å². The van der Waals surface area contributed by atoms with Gasteiger partial charge in [0.15, 0.2) is 0 Å². The molecule has 1 amide bonds. The highest BCUT2D eigenvalue weighted by Gasteiger charge is 2.21. The fourth-order valence-electron chi connectivity index (χ4n) is 1.91. The van der Waals surface area contributed by atoms with Crippen LogP contribution in [0.5, 0.6) is 0 Å². The average molecular weight is 349 g/mol. The van der Waals surface area contributed by atoms with Crippen LogP contribution in [0.25, 0.3) is 5.69 Å². The number of hydrogen-bond donors (Lipinski definition) is 2. The molecule has 1 aromatic heterocycles. The lowest BCUT2D eigenvalue weighted by molar-refractivity contribution is 0.0633. The Morgan fingerprint density at radius 2 is 1.84 bits per heavy atom. The number of carboxylic acid groups (broad SMARTS) is 1. The molecule has 0 unspecified atom stereocenters. The Morgan fingerprint density at radius 1 is 1.24 bits per heavy atom. The molecule has 0 radical (unpaired) electrons. The summed E-state index contributed by atoms with van der Waals surface area (Å²) in [6.45, 7) is 4.96. The zero-order valence-corrected chi connectivity index (χ0v) is 13.7. The second kappa shape index (κ2) is 6.71. The molecular weight excluding hydrogens is 333 g/mol. The molecule has 0 fully saturated rings. The Hall–Kier alpha value is -3.23. The lowest BCUT2D eigenvalue weighted by atomic mass is 10.2. The average Bonchev–Trinajstić information content (AvgIpc) is 2.46. The van der Waals surface area contributed by atoms with Crippen LogP contribution in [0, 0.1) is 5.82 Å². The van der Waals surface area contributed by atoms with Crippen molar-refractivity contribution >= 4 is 18.0 Å². The first-order valence-electron chi connectivity index (χ1n) is 7.20. The van der Waals surface area contributed by atoms with Crippen molar-refractivity contribution < 1.29 is 23.8 Å². The number of carboxylic acids is 1. The first kappa shape index (κ1) is 18.1. The molecule has 25 heavy (non-hydrogen) atoms. The van der Waals surface area contributed by atoms with Gasteiger partial charge in [0.25, 0.3) is 5.56 Å². The molecule has 2 rings (SSSR count). The van der Waals surface area contributed by atoms with Crippen LogP contribution in [0.2, 0.25) is 0 Å². The van der Waals surface area contributed by atoms with E-state index in [9.17, 15) is 18.8 Å². The number of carbonyl (C=O) groups excluding carboxylic acids is 1. The molecule has 8 nitrogen and oxygen atoms in total. The van der Waals surface area contributed by atoms with Crippen molar-refractivity contribution in [1.82, 2.24) is 9.55 Å². The van der Waals surface area contributed by atoms with E-state index < -0.39 is 34.6 Å². The standard InChI is InChI=1S/C16H16FN3O5/c1-16(2,3)25-15(24)19-14-18-8-11(13(22)23)12(21)20(14)10-6-4-9(17)5-7-10/h4-8H,1-3H3,(H,22,23)(H,18,19,24). The number of benzene rings is 1. The highest BCUT2D eigenvalue weighted by atomic mass is 19.1. The van der Waals surface area contributed by atoms with Crippen molar-refractivity contribution in [2.45, 2.75) is 26.4 Å². The summed E-state index contributed by atoms with van der Waals surface area (Å²) in [4.78, 5) is 39.3. The van der Waals surface area contributed by atoms with Gasteiger partial charge in [-0.1, -0.05) is 0 Å². The second-order valence-electron chi connectivity index (χ2n) is 6.04. The van der Waals surface area contributed by atoms with Gasteiger partial charge in [-0.2, -0.15) is 0 Å². The molecule has 2 aromatic rings. The number of aromatic nitrogens is 2. The Bertz CT molecular complexity index is 869. The first-order valence-corrected chi connectivity index (χ1v) is 7.20. The number of anilines is 1. The van der Waals surface area contributed by atoms with Crippen LogP contribution in [-0.4, -0.2) is 32.3 Å². The van der Waals surface area contributed by atoms with Gasteiger partial charge in [-0.15, -0.1) is 0 Å². The molecule has 132 valence electrons. The SMILES string of the molecule is CC(C)(C)OC(=O)Nc1ncc(C(=O)O)c(=O)n1-c1ccc(F)cc1. The molecule has 1 aromatic carbocycles. The second-order valence-corrected chi connectivity index (χ2v) is 6.04. The quantitative estimate of drug-likeness (QED) is 0.880. The third-order valence-corrected chi connectivity index (χ3v) is 2.89. The summed E-state index contributed by atoms with van der Waals surface area (Å²) in [6, 6.07) is 4.69. The first-order chi connectivity index (χ1) is 11.6. The predicted octanol–water partition coefficient (Wildman–Crippen LogP) is 2.42. The van der Waals surface area contributed by atoms with Crippen molar-refractivity contribution in [2.24, 2.45) is 0 Å². The minimum absolute atomic E-state index is 0.132. The predicted molar refractivity (Wildman–Crippen MR) is 86.6 cm³/mol. The van der Waals surface area contributed by atoms with Crippen molar-refractivity contribution in [1.29, 1.82) is 0 Å². The number of nitrogens with zero attached hydrogens (tertiary/aromatic N) is 2. The number of nitrogens with one attached hydrogen (secondary N) is 1. The molecule has 0 spiro atoms. The summed E-state index contributed by atoms with van der Waals surface area (Å²) in [7, 11) is 0. The van der Waals surface area contributed by atoms with E-state index in [4.69, 9.17) is 9.84 Å². The molecule has 0 atom stereocenters. The van der Waals surface area contributed by atoms with Gasteiger partial charge in [0.1, 0.15) is 17.0 Å². The van der Waals surface area contributed by atoms with Crippen molar-refractivity contribution in [3.8, 4) is 5.69 Å². The van der Waals surface area contributed by atoms with Crippen LogP contribution < -0.4 is 10.9 Å². The zero-order chi connectivity index (χ0) is 18.8. The van der Waals surface area contributed by atoms with E-state index in [1.165, 1.54) is 12.1 Å². The van der Waals surface area contributed by atoms with E-state index in [2.05, 4.69) is 10.3 Å². The normalized spacial score (nSPS) is 11.0. The third kappa shape index (κ3) is 4.40. The van der Waals surface area contributed by atoms with E-state index in [1.807, 2.05) is 0 Å². The molecule has 1 heterocycles. The highest BCUT2D eigenvalue weighted by Crippen LogP contribution is 2.14. The lowest BCUT2D eigenvalue weighted by Gasteiger charge is -2.20. The van der Waals surface area contributed by atoms with E-state index >= 15 is 0 Å². The van der Waals surface area contributed by atoms with Gasteiger partial charge in [0.05, 0.1) is 11.9 Å². The summed E-state index contributed by atoms with van der Waals surface area (Å²) in [5.41, 5.74) is -2.18. The number of aromatic carboxylic acids is 1. The summed E-state index contributed by atoms with van der Waals surface area (Å²) >= 11 is 0. The largest absolute Gasteiger partial charge is 0.477 e. The van der Waals surface area contributed by atoms with E-state index in [1.54, 1.807) is 20.8 Å². The van der Waals surface area contributed by atoms with Gasteiger partial charge in [0.2, 0.25) is 5.95 Å². The summed E-state index contributed by atoms with van der Waals surface area (Å²) in [5.74, 6) is -2.27. The molecule has 0 aliphatic rings. The summed E-state index contributed by atoms with van der Waals surface area (Å²) < 4.78 is 19.1. The van der Waals surface area contributed by atoms with Crippen LogP contribution >= 0.6 is 0 Å². The maximum atomic E-state index is 13.1. The van der Waals surface area contributed by atoms with E-state index in [0.717, 1.165) is 22.9 Å². The maximum Gasteiger partial charge on any atom is 0.414 e. The maximum absolute atomic E-state index is 13.1. The molecule has 0 saturated carbocycles. The van der Waals surface area contributed by atoms with Crippen LogP contribution in [0.3, 0.4) is 0 Å². The number of rotatable bonds is 3. The third-order valence-electron chi connectivity index (χ3n) is 2.89. The Balaban J connectivity index is 2.54. The van der Waals surface area contributed by atoms with Gasteiger partial charge in [-0.3, -0.25) is 10.1 Å². The monoisotopic (exact) mass is 349 g/mol. The van der Waals surface area contributed by atoms with E-state index in [0.29, 0.717) is 0 Å². The zero-order valence-electron chi connectivity index (χ0n) is 13.7. The molecule has 0 aliphatic heterocycles. The fraction of sp³-hybridized carbons (Fsp3) is 0.250. The van der Waals surface area contributed by atoms with Crippen LogP contribution in [-0.2, 0) is 4.74 Å². The number of amides is 1. The summed E-state index contributed by atoms with van der Waals surface area (Å²) in [5, 5.41) is 11.4. The van der Waals surface area contributed by atoms with Gasteiger partial charge >= 0.3 is 12.1 Å². The Labute approximate surface area is 141 Å². The molecule has 2 N–H and O–H groups in total. The van der Waals surface area contributed by atoms with Gasteiger partial charge in [-0.05, 0) is 45.0 Å². The minimum Gasteiger partial charge on any atom is -0.477 e. The topological polar surface area (TPSA) is 111 Å². The molecule has 0 bridgehead atoms. The van der Waals surface area contributed by atoms with Crippen LogP contribution in [0.15, 0.2) is 35.3 Å².